The van der Waals surface area contributed by atoms with Gasteiger partial charge in [0.05, 0.1) is 12.4 Å². The highest BCUT2D eigenvalue weighted by Gasteiger charge is 2.07. The standard InChI is InChI=1S/C14H24N4O/c1-4-6-7-8-15-14(19)12-9-17-13(10-16-12)18-11(3)5-2/h9-11H,4-8H2,1-3H3,(H,15,19)(H,17,18). The molecule has 1 atom stereocenters. The maximum Gasteiger partial charge on any atom is 0.271 e. The molecule has 0 fully saturated rings. The molecular weight excluding hydrogens is 240 g/mol. The summed E-state index contributed by atoms with van der Waals surface area (Å²) >= 11 is 0. The Bertz CT molecular complexity index is 378. The van der Waals surface area contributed by atoms with E-state index in [4.69, 9.17) is 0 Å². The van der Waals surface area contributed by atoms with Crippen LogP contribution in [0.3, 0.4) is 0 Å². The largest absolute Gasteiger partial charge is 0.366 e. The lowest BCUT2D eigenvalue weighted by Crippen LogP contribution is -2.25. The Kier molecular flexibility index (Phi) is 6.85. The quantitative estimate of drug-likeness (QED) is 0.708. The first-order valence-electron chi connectivity index (χ1n) is 7.04. The number of carbonyl (C=O) groups excluding carboxylic acids is 1. The van der Waals surface area contributed by atoms with E-state index in [1.165, 1.54) is 6.20 Å². The van der Waals surface area contributed by atoms with Crippen molar-refractivity contribution in [1.29, 1.82) is 0 Å². The van der Waals surface area contributed by atoms with Crippen molar-refractivity contribution >= 4 is 11.7 Å². The lowest BCUT2D eigenvalue weighted by atomic mass is 10.2. The number of aromatic nitrogens is 2. The molecule has 5 nitrogen and oxygen atoms in total. The van der Waals surface area contributed by atoms with Crippen LogP contribution in [0, 0.1) is 0 Å². The van der Waals surface area contributed by atoms with Crippen LogP contribution in [0.25, 0.3) is 0 Å². The predicted molar refractivity (Wildman–Crippen MR) is 77.3 cm³/mol. The molecule has 106 valence electrons. The summed E-state index contributed by atoms with van der Waals surface area (Å²) in [6.07, 6.45) is 7.41. The van der Waals surface area contributed by atoms with E-state index in [0.717, 1.165) is 25.7 Å². The molecule has 2 N–H and O–H groups in total. The number of amides is 1. The van der Waals surface area contributed by atoms with Crippen LogP contribution in [0.1, 0.15) is 56.9 Å². The Morgan fingerprint density at radius 2 is 2.05 bits per heavy atom. The molecule has 0 radical (unpaired) electrons. The number of hydrogen-bond acceptors (Lipinski definition) is 4. The fourth-order valence-electron chi connectivity index (χ4n) is 1.54. The molecule has 0 saturated carbocycles. The minimum absolute atomic E-state index is 0.154. The van der Waals surface area contributed by atoms with Gasteiger partial charge in [0, 0.05) is 12.6 Å². The summed E-state index contributed by atoms with van der Waals surface area (Å²) in [5, 5.41) is 6.06. The van der Waals surface area contributed by atoms with Gasteiger partial charge in [-0.15, -0.1) is 0 Å². The van der Waals surface area contributed by atoms with Crippen LogP contribution in [-0.2, 0) is 0 Å². The zero-order chi connectivity index (χ0) is 14.1. The molecule has 0 aliphatic rings. The summed E-state index contributed by atoms with van der Waals surface area (Å²) in [4.78, 5) is 20.1. The second-order valence-corrected chi connectivity index (χ2v) is 4.70. The van der Waals surface area contributed by atoms with Gasteiger partial charge in [-0.25, -0.2) is 9.97 Å². The zero-order valence-electron chi connectivity index (χ0n) is 12.1. The van der Waals surface area contributed by atoms with E-state index in [9.17, 15) is 4.79 Å². The molecule has 0 saturated heterocycles. The van der Waals surface area contributed by atoms with Crippen molar-refractivity contribution in [3.63, 3.8) is 0 Å². The van der Waals surface area contributed by atoms with Crippen molar-refractivity contribution in [3.05, 3.63) is 18.1 Å². The lowest BCUT2D eigenvalue weighted by Gasteiger charge is -2.11. The number of nitrogens with zero attached hydrogens (tertiary/aromatic N) is 2. The highest BCUT2D eigenvalue weighted by Crippen LogP contribution is 2.05. The molecular formula is C14H24N4O. The van der Waals surface area contributed by atoms with Crippen LogP contribution in [0.4, 0.5) is 5.82 Å². The summed E-state index contributed by atoms with van der Waals surface area (Å²) < 4.78 is 0. The molecule has 0 aromatic carbocycles. The normalized spacial score (nSPS) is 11.9. The molecule has 5 heteroatoms. The van der Waals surface area contributed by atoms with Gasteiger partial charge in [0.2, 0.25) is 0 Å². The average molecular weight is 264 g/mol. The SMILES string of the molecule is CCCCCNC(=O)c1cnc(NC(C)CC)cn1. The lowest BCUT2D eigenvalue weighted by molar-refractivity contribution is 0.0947. The number of nitrogens with one attached hydrogen (secondary N) is 2. The third-order valence-corrected chi connectivity index (χ3v) is 2.96. The second-order valence-electron chi connectivity index (χ2n) is 4.70. The van der Waals surface area contributed by atoms with E-state index in [1.807, 2.05) is 0 Å². The van der Waals surface area contributed by atoms with Gasteiger partial charge in [0.15, 0.2) is 0 Å². The minimum Gasteiger partial charge on any atom is -0.366 e. The maximum absolute atomic E-state index is 11.8. The van der Waals surface area contributed by atoms with Crippen LogP contribution in [0.2, 0.25) is 0 Å². The van der Waals surface area contributed by atoms with E-state index in [1.54, 1.807) is 6.20 Å². The summed E-state index contributed by atoms with van der Waals surface area (Å²) in [5.74, 6) is 0.551. The van der Waals surface area contributed by atoms with E-state index in [2.05, 4.69) is 41.4 Å². The van der Waals surface area contributed by atoms with Gasteiger partial charge in [-0.2, -0.15) is 0 Å². The van der Waals surface area contributed by atoms with Crippen molar-refractivity contribution in [1.82, 2.24) is 15.3 Å². The van der Waals surface area contributed by atoms with Gasteiger partial charge < -0.3 is 10.6 Å². The first-order chi connectivity index (χ1) is 9.17. The third kappa shape index (κ3) is 5.68. The van der Waals surface area contributed by atoms with Crippen molar-refractivity contribution in [2.24, 2.45) is 0 Å². The molecule has 0 aliphatic carbocycles. The van der Waals surface area contributed by atoms with Gasteiger partial charge in [0.1, 0.15) is 11.5 Å². The number of hydrogen-bond donors (Lipinski definition) is 2. The van der Waals surface area contributed by atoms with Gasteiger partial charge in [-0.3, -0.25) is 4.79 Å². The first kappa shape index (κ1) is 15.4. The first-order valence-corrected chi connectivity index (χ1v) is 7.04. The van der Waals surface area contributed by atoms with Gasteiger partial charge >= 0.3 is 0 Å². The summed E-state index contributed by atoms with van der Waals surface area (Å²) in [6.45, 7) is 7.01. The Morgan fingerprint density at radius 1 is 1.26 bits per heavy atom. The van der Waals surface area contributed by atoms with Crippen LogP contribution in [0.5, 0.6) is 0 Å². The van der Waals surface area contributed by atoms with Crippen molar-refractivity contribution in [3.8, 4) is 0 Å². The maximum atomic E-state index is 11.8. The Balaban J connectivity index is 2.44. The number of unbranched alkanes of at least 4 members (excludes halogenated alkanes) is 2. The number of rotatable bonds is 8. The molecule has 19 heavy (non-hydrogen) atoms. The molecule has 1 aromatic rings. The monoisotopic (exact) mass is 264 g/mol. The van der Waals surface area contributed by atoms with Gasteiger partial charge in [-0.05, 0) is 19.8 Å². The average Bonchev–Trinajstić information content (AvgIpc) is 2.44. The molecule has 1 rings (SSSR count). The Labute approximate surface area is 115 Å². The van der Waals surface area contributed by atoms with E-state index < -0.39 is 0 Å². The van der Waals surface area contributed by atoms with E-state index in [-0.39, 0.29) is 5.91 Å². The van der Waals surface area contributed by atoms with Crippen molar-refractivity contribution < 1.29 is 4.79 Å². The summed E-state index contributed by atoms with van der Waals surface area (Å²) in [7, 11) is 0. The highest BCUT2D eigenvalue weighted by atomic mass is 16.1. The highest BCUT2D eigenvalue weighted by molar-refractivity contribution is 5.91. The molecule has 1 amide bonds. The topological polar surface area (TPSA) is 66.9 Å². The predicted octanol–water partition coefficient (Wildman–Crippen LogP) is 2.61. The molecule has 0 aliphatic heterocycles. The van der Waals surface area contributed by atoms with Crippen molar-refractivity contribution in [2.75, 3.05) is 11.9 Å². The van der Waals surface area contributed by atoms with E-state index in [0.29, 0.717) is 24.1 Å². The molecule has 0 spiro atoms. The number of anilines is 1. The fourth-order valence-corrected chi connectivity index (χ4v) is 1.54. The molecule has 0 bridgehead atoms. The Hall–Kier alpha value is -1.65. The minimum atomic E-state index is -0.154. The summed E-state index contributed by atoms with van der Waals surface area (Å²) in [6, 6.07) is 0.350. The van der Waals surface area contributed by atoms with E-state index >= 15 is 0 Å². The zero-order valence-corrected chi connectivity index (χ0v) is 12.1. The fraction of sp³-hybridized carbons (Fsp3) is 0.643. The molecule has 1 unspecified atom stereocenters. The Morgan fingerprint density at radius 3 is 2.63 bits per heavy atom. The summed E-state index contributed by atoms with van der Waals surface area (Å²) in [5.41, 5.74) is 0.367. The van der Waals surface area contributed by atoms with Crippen LogP contribution in [0.15, 0.2) is 12.4 Å². The third-order valence-electron chi connectivity index (χ3n) is 2.96. The van der Waals surface area contributed by atoms with Crippen molar-refractivity contribution in [2.45, 2.75) is 52.5 Å². The van der Waals surface area contributed by atoms with Crippen LogP contribution >= 0.6 is 0 Å². The molecule has 1 aromatic heterocycles. The van der Waals surface area contributed by atoms with Crippen LogP contribution in [-0.4, -0.2) is 28.5 Å². The van der Waals surface area contributed by atoms with Crippen LogP contribution < -0.4 is 10.6 Å². The van der Waals surface area contributed by atoms with Gasteiger partial charge in [-0.1, -0.05) is 26.7 Å². The van der Waals surface area contributed by atoms with Gasteiger partial charge in [0.25, 0.3) is 5.91 Å². The number of carbonyl (C=O) groups is 1. The second kappa shape index (κ2) is 8.45. The molecule has 1 heterocycles. The smallest absolute Gasteiger partial charge is 0.271 e.